The number of anilines is 1. The molecule has 1 fully saturated rings. The summed E-state index contributed by atoms with van der Waals surface area (Å²) in [5.41, 5.74) is 8.13. The Balaban J connectivity index is 0.00000242. The molecule has 22 heavy (non-hydrogen) atoms. The molecule has 5 nitrogen and oxygen atoms in total. The highest BCUT2D eigenvalue weighted by Gasteiger charge is 2.14. The lowest BCUT2D eigenvalue weighted by atomic mass is 10.2. The molecule has 1 aromatic rings. The lowest BCUT2D eigenvalue weighted by Gasteiger charge is -2.33. The van der Waals surface area contributed by atoms with E-state index in [4.69, 9.17) is 5.73 Å². The van der Waals surface area contributed by atoms with Gasteiger partial charge in [0.15, 0.2) is 5.96 Å². The number of nitrogens with zero attached hydrogens (tertiary/aromatic N) is 3. The predicted molar refractivity (Wildman–Crippen MR) is 105 cm³/mol. The topological polar surface area (TPSA) is 56.9 Å². The molecule has 0 amide bonds. The summed E-state index contributed by atoms with van der Waals surface area (Å²) in [7, 11) is 0. The van der Waals surface area contributed by atoms with E-state index >= 15 is 0 Å². The van der Waals surface area contributed by atoms with Gasteiger partial charge in [-0.1, -0.05) is 19.1 Å². The van der Waals surface area contributed by atoms with Crippen molar-refractivity contribution in [2.45, 2.75) is 13.8 Å². The van der Waals surface area contributed by atoms with Gasteiger partial charge >= 0.3 is 0 Å². The molecule has 0 aliphatic carbocycles. The standard InChI is InChI=1S/C16H27N5.HI/c1-3-20-9-11-21(12-10-20)8-7-18-16(17)19-15-6-4-5-14(2)13-15;/h4-6,13H,3,7-12H2,1-2H3,(H3,17,18,19);1H. The second kappa shape index (κ2) is 10.0. The van der Waals surface area contributed by atoms with Crippen LogP contribution in [0.1, 0.15) is 12.5 Å². The van der Waals surface area contributed by atoms with Crippen LogP contribution in [0.3, 0.4) is 0 Å². The number of likely N-dealkylation sites (N-methyl/N-ethyl adjacent to an activating group) is 1. The van der Waals surface area contributed by atoms with Crippen molar-refractivity contribution < 1.29 is 0 Å². The predicted octanol–water partition coefficient (Wildman–Crippen LogP) is 1.98. The molecule has 3 N–H and O–H groups in total. The van der Waals surface area contributed by atoms with Gasteiger partial charge in [0, 0.05) is 38.4 Å². The highest BCUT2D eigenvalue weighted by atomic mass is 127. The smallest absolute Gasteiger partial charge is 0.193 e. The molecule has 0 atom stereocenters. The normalized spacial score (nSPS) is 17.1. The van der Waals surface area contributed by atoms with Gasteiger partial charge < -0.3 is 16.0 Å². The van der Waals surface area contributed by atoms with Crippen LogP contribution < -0.4 is 11.1 Å². The highest BCUT2D eigenvalue weighted by Crippen LogP contribution is 2.08. The maximum Gasteiger partial charge on any atom is 0.193 e. The van der Waals surface area contributed by atoms with Crippen LogP contribution in [0.15, 0.2) is 29.3 Å². The van der Waals surface area contributed by atoms with E-state index < -0.39 is 0 Å². The van der Waals surface area contributed by atoms with Gasteiger partial charge in [-0.3, -0.25) is 9.89 Å². The van der Waals surface area contributed by atoms with Gasteiger partial charge in [-0.25, -0.2) is 0 Å². The van der Waals surface area contributed by atoms with Crippen molar-refractivity contribution >= 4 is 35.6 Å². The monoisotopic (exact) mass is 417 g/mol. The molecule has 1 aliphatic rings. The van der Waals surface area contributed by atoms with Crippen molar-refractivity contribution in [1.29, 1.82) is 0 Å². The fourth-order valence-electron chi connectivity index (χ4n) is 2.55. The number of nitrogens with two attached hydrogens (primary N) is 1. The summed E-state index contributed by atoms with van der Waals surface area (Å²) in [6, 6.07) is 8.14. The van der Waals surface area contributed by atoms with E-state index in [2.05, 4.69) is 46.1 Å². The van der Waals surface area contributed by atoms with Gasteiger partial charge in [-0.2, -0.15) is 0 Å². The Kier molecular flexibility index (Phi) is 8.74. The summed E-state index contributed by atoms with van der Waals surface area (Å²) >= 11 is 0. The number of aryl methyl sites for hydroxylation is 1. The van der Waals surface area contributed by atoms with Crippen molar-refractivity contribution in [3.8, 4) is 0 Å². The minimum absolute atomic E-state index is 0. The molecular weight excluding hydrogens is 389 g/mol. The zero-order chi connectivity index (χ0) is 15.1. The zero-order valence-corrected chi connectivity index (χ0v) is 15.9. The van der Waals surface area contributed by atoms with Crippen LogP contribution in [0.25, 0.3) is 0 Å². The lowest BCUT2D eigenvalue weighted by Crippen LogP contribution is -2.46. The number of hydrogen-bond acceptors (Lipinski definition) is 3. The third-order valence-corrected chi connectivity index (χ3v) is 3.90. The average Bonchev–Trinajstić information content (AvgIpc) is 2.48. The van der Waals surface area contributed by atoms with Crippen molar-refractivity contribution in [2.75, 3.05) is 51.1 Å². The van der Waals surface area contributed by atoms with Gasteiger partial charge in [0.25, 0.3) is 0 Å². The Labute approximate surface area is 151 Å². The van der Waals surface area contributed by atoms with Gasteiger partial charge in [0.2, 0.25) is 0 Å². The van der Waals surface area contributed by atoms with Crippen LogP contribution in [-0.4, -0.2) is 61.6 Å². The maximum atomic E-state index is 5.93. The highest BCUT2D eigenvalue weighted by molar-refractivity contribution is 14.0. The average molecular weight is 417 g/mol. The van der Waals surface area contributed by atoms with Crippen LogP contribution >= 0.6 is 24.0 Å². The molecular formula is C16H28IN5. The molecule has 1 aliphatic heterocycles. The fourth-order valence-corrected chi connectivity index (χ4v) is 2.55. The summed E-state index contributed by atoms with van der Waals surface area (Å²) < 4.78 is 0. The summed E-state index contributed by atoms with van der Waals surface area (Å²) in [6.07, 6.45) is 0. The van der Waals surface area contributed by atoms with Crippen molar-refractivity contribution in [3.05, 3.63) is 29.8 Å². The van der Waals surface area contributed by atoms with Gasteiger partial charge in [-0.15, -0.1) is 24.0 Å². The third-order valence-electron chi connectivity index (χ3n) is 3.90. The molecule has 124 valence electrons. The molecule has 1 aromatic carbocycles. The van der Waals surface area contributed by atoms with E-state index in [-0.39, 0.29) is 24.0 Å². The fraction of sp³-hybridized carbons (Fsp3) is 0.562. The van der Waals surface area contributed by atoms with Crippen LogP contribution in [0.5, 0.6) is 0 Å². The number of nitrogens with one attached hydrogen (secondary N) is 1. The quantitative estimate of drug-likeness (QED) is 0.437. The van der Waals surface area contributed by atoms with E-state index in [0.29, 0.717) is 5.96 Å². The molecule has 0 spiro atoms. The molecule has 0 unspecified atom stereocenters. The van der Waals surface area contributed by atoms with E-state index in [0.717, 1.165) is 51.5 Å². The SMILES string of the molecule is CCN1CCN(CCN=C(N)Nc2cccc(C)c2)CC1.I. The van der Waals surface area contributed by atoms with Crippen LogP contribution in [0.2, 0.25) is 0 Å². The molecule has 1 heterocycles. The van der Waals surface area contributed by atoms with Gasteiger partial charge in [0.1, 0.15) is 0 Å². The second-order valence-electron chi connectivity index (χ2n) is 5.54. The number of piperazine rings is 1. The lowest BCUT2D eigenvalue weighted by molar-refractivity contribution is 0.140. The minimum Gasteiger partial charge on any atom is -0.370 e. The number of rotatable bonds is 5. The summed E-state index contributed by atoms with van der Waals surface area (Å²) in [5.74, 6) is 0.493. The molecule has 0 bridgehead atoms. The second-order valence-corrected chi connectivity index (χ2v) is 5.54. The summed E-state index contributed by atoms with van der Waals surface area (Å²) in [5, 5.41) is 3.14. The Bertz CT molecular complexity index is 469. The molecule has 0 saturated carbocycles. The summed E-state index contributed by atoms with van der Waals surface area (Å²) in [6.45, 7) is 11.8. The number of hydrogen-bond donors (Lipinski definition) is 2. The first-order valence-corrected chi connectivity index (χ1v) is 7.75. The van der Waals surface area contributed by atoms with E-state index in [1.54, 1.807) is 0 Å². The van der Waals surface area contributed by atoms with Crippen molar-refractivity contribution in [2.24, 2.45) is 10.7 Å². The Morgan fingerprint density at radius 1 is 1.23 bits per heavy atom. The summed E-state index contributed by atoms with van der Waals surface area (Å²) in [4.78, 5) is 9.34. The van der Waals surface area contributed by atoms with Crippen molar-refractivity contribution in [3.63, 3.8) is 0 Å². The number of halogens is 1. The number of guanidine groups is 1. The minimum atomic E-state index is 0. The van der Waals surface area contributed by atoms with E-state index in [9.17, 15) is 0 Å². The molecule has 0 radical (unpaired) electrons. The zero-order valence-electron chi connectivity index (χ0n) is 13.6. The van der Waals surface area contributed by atoms with E-state index in [1.165, 1.54) is 5.56 Å². The number of aliphatic imine (C=N–C) groups is 1. The van der Waals surface area contributed by atoms with E-state index in [1.807, 2.05) is 12.1 Å². The van der Waals surface area contributed by atoms with Gasteiger partial charge in [-0.05, 0) is 31.2 Å². The Hall–Kier alpha value is -0.860. The molecule has 0 aromatic heterocycles. The first-order chi connectivity index (χ1) is 10.2. The van der Waals surface area contributed by atoms with Crippen LogP contribution in [0, 0.1) is 6.92 Å². The Morgan fingerprint density at radius 3 is 2.55 bits per heavy atom. The maximum absolute atomic E-state index is 5.93. The first-order valence-electron chi connectivity index (χ1n) is 7.75. The molecule has 2 rings (SSSR count). The van der Waals surface area contributed by atoms with Crippen LogP contribution in [0.4, 0.5) is 5.69 Å². The Morgan fingerprint density at radius 2 is 1.91 bits per heavy atom. The van der Waals surface area contributed by atoms with Crippen LogP contribution in [-0.2, 0) is 0 Å². The largest absolute Gasteiger partial charge is 0.370 e. The third kappa shape index (κ3) is 6.50. The van der Waals surface area contributed by atoms with Gasteiger partial charge in [0.05, 0.1) is 6.54 Å². The first kappa shape index (κ1) is 19.2. The van der Waals surface area contributed by atoms with Crippen molar-refractivity contribution in [1.82, 2.24) is 9.80 Å². The number of benzene rings is 1. The molecule has 1 saturated heterocycles. The molecule has 6 heteroatoms.